The normalized spacial score (nSPS) is 17.5. The van der Waals surface area contributed by atoms with Gasteiger partial charge in [0.25, 0.3) is 0 Å². The fourth-order valence-corrected chi connectivity index (χ4v) is 11.2. The van der Waals surface area contributed by atoms with E-state index in [1.54, 1.807) is 21.5 Å². The van der Waals surface area contributed by atoms with Gasteiger partial charge in [-0.2, -0.15) is 0 Å². The third kappa shape index (κ3) is 2.73. The van der Waals surface area contributed by atoms with E-state index >= 15 is 0 Å². The topological polar surface area (TPSA) is 0 Å². The molecular formula is C26H28Si. The summed E-state index contributed by atoms with van der Waals surface area (Å²) < 4.78 is 0. The van der Waals surface area contributed by atoms with Crippen LogP contribution in [0.2, 0.25) is 0 Å². The van der Waals surface area contributed by atoms with Crippen LogP contribution in [0.5, 0.6) is 0 Å². The number of benzene rings is 2. The first-order valence-corrected chi connectivity index (χ1v) is 11.9. The molecule has 0 unspecified atom stereocenters. The second kappa shape index (κ2) is 6.98. The van der Waals surface area contributed by atoms with Crippen molar-refractivity contribution in [2.24, 2.45) is 0 Å². The standard InChI is InChI=1S/C26H28Si/c1-19-15-16-20(2)25(19)27(23-11-7-5-8-12-23,24-13-9-6-10-14-24)26-21(3)17-18-22(26)4/h5-15,17H,16,18H2,1-4H3. The summed E-state index contributed by atoms with van der Waals surface area (Å²) in [4.78, 5) is 0. The molecular weight excluding hydrogens is 340 g/mol. The van der Waals surface area contributed by atoms with Crippen LogP contribution in [0, 0.1) is 0 Å². The lowest BCUT2D eigenvalue weighted by Crippen LogP contribution is -2.62. The van der Waals surface area contributed by atoms with E-state index in [4.69, 9.17) is 0 Å². The van der Waals surface area contributed by atoms with Crippen LogP contribution in [0.15, 0.2) is 106 Å². The van der Waals surface area contributed by atoms with Crippen molar-refractivity contribution in [3.8, 4) is 0 Å². The molecule has 0 heterocycles. The molecule has 0 amide bonds. The first-order valence-electron chi connectivity index (χ1n) is 9.92. The molecule has 2 aromatic carbocycles. The number of hydrogen-bond donors (Lipinski definition) is 0. The van der Waals surface area contributed by atoms with Gasteiger partial charge in [-0.1, -0.05) is 95.1 Å². The zero-order valence-corrected chi connectivity index (χ0v) is 17.8. The first kappa shape index (κ1) is 18.0. The van der Waals surface area contributed by atoms with Crippen LogP contribution in [0.3, 0.4) is 0 Å². The molecule has 0 atom stereocenters. The molecule has 0 bridgehead atoms. The average molecular weight is 369 g/mol. The maximum absolute atomic E-state index is 2.43. The van der Waals surface area contributed by atoms with Gasteiger partial charge in [0.2, 0.25) is 0 Å². The van der Waals surface area contributed by atoms with Crippen molar-refractivity contribution in [1.82, 2.24) is 0 Å². The average Bonchev–Trinajstić information content (AvgIpc) is 3.21. The molecule has 2 aliphatic rings. The molecule has 0 radical (unpaired) electrons. The van der Waals surface area contributed by atoms with E-state index in [9.17, 15) is 0 Å². The SMILES string of the molecule is CC1=CCC(C)=C1[Si](C1=C(C)CC=C1C)(c1ccccc1)c1ccccc1. The van der Waals surface area contributed by atoms with E-state index in [1.807, 2.05) is 0 Å². The smallest absolute Gasteiger partial charge is 0.0776 e. The monoisotopic (exact) mass is 368 g/mol. The molecule has 0 saturated heterocycles. The van der Waals surface area contributed by atoms with Crippen molar-refractivity contribution >= 4 is 18.4 Å². The van der Waals surface area contributed by atoms with Crippen LogP contribution in [0.1, 0.15) is 40.5 Å². The number of rotatable bonds is 4. The predicted octanol–water partition coefficient (Wildman–Crippen LogP) is 5.66. The lowest BCUT2D eigenvalue weighted by molar-refractivity contribution is 1.23. The summed E-state index contributed by atoms with van der Waals surface area (Å²) in [5.74, 6) is 0. The Hall–Kier alpha value is -2.38. The summed E-state index contributed by atoms with van der Waals surface area (Å²) in [5, 5.41) is 6.26. The molecule has 2 aliphatic carbocycles. The van der Waals surface area contributed by atoms with Crippen molar-refractivity contribution < 1.29 is 0 Å². The third-order valence-corrected chi connectivity index (χ3v) is 11.8. The molecule has 136 valence electrons. The molecule has 0 fully saturated rings. The first-order chi connectivity index (χ1) is 13.1. The second-order valence-electron chi connectivity index (χ2n) is 7.98. The van der Waals surface area contributed by atoms with Gasteiger partial charge in [0.1, 0.15) is 0 Å². The van der Waals surface area contributed by atoms with Gasteiger partial charge < -0.3 is 0 Å². The molecule has 0 nitrogen and oxygen atoms in total. The molecule has 0 aliphatic heterocycles. The third-order valence-electron chi connectivity index (χ3n) is 6.23. The number of hydrogen-bond acceptors (Lipinski definition) is 0. The summed E-state index contributed by atoms with van der Waals surface area (Å²) in [7, 11) is -2.31. The van der Waals surface area contributed by atoms with E-state index in [0.717, 1.165) is 12.8 Å². The van der Waals surface area contributed by atoms with Crippen molar-refractivity contribution in [2.45, 2.75) is 40.5 Å². The molecule has 0 spiro atoms. The van der Waals surface area contributed by atoms with E-state index < -0.39 is 8.07 Å². The zero-order valence-electron chi connectivity index (χ0n) is 16.8. The predicted molar refractivity (Wildman–Crippen MR) is 120 cm³/mol. The van der Waals surface area contributed by atoms with Crippen molar-refractivity contribution in [3.05, 3.63) is 106 Å². The Labute approximate surface area is 164 Å². The summed E-state index contributed by atoms with van der Waals surface area (Å²) in [6.07, 6.45) is 7.04. The summed E-state index contributed by atoms with van der Waals surface area (Å²) >= 11 is 0. The van der Waals surface area contributed by atoms with Crippen LogP contribution < -0.4 is 10.4 Å². The van der Waals surface area contributed by atoms with E-state index in [0.29, 0.717) is 0 Å². The fourth-order valence-electron chi connectivity index (χ4n) is 5.17. The van der Waals surface area contributed by atoms with Crippen LogP contribution in [-0.4, -0.2) is 8.07 Å². The minimum absolute atomic E-state index is 1.09. The zero-order chi connectivity index (χ0) is 19.0. The van der Waals surface area contributed by atoms with Crippen molar-refractivity contribution in [3.63, 3.8) is 0 Å². The Balaban J connectivity index is 2.18. The molecule has 1 heteroatoms. The highest BCUT2D eigenvalue weighted by atomic mass is 28.3. The minimum atomic E-state index is -2.31. The summed E-state index contributed by atoms with van der Waals surface area (Å²) in [6.45, 7) is 9.34. The van der Waals surface area contributed by atoms with Gasteiger partial charge in [0, 0.05) is 0 Å². The quantitative estimate of drug-likeness (QED) is 0.611. The van der Waals surface area contributed by atoms with Crippen LogP contribution in [-0.2, 0) is 0 Å². The molecule has 27 heavy (non-hydrogen) atoms. The van der Waals surface area contributed by atoms with Gasteiger partial charge in [0.05, 0.1) is 0 Å². The highest BCUT2D eigenvalue weighted by Gasteiger charge is 2.48. The Morgan fingerprint density at radius 2 is 0.926 bits per heavy atom. The minimum Gasteiger partial charge on any atom is -0.0776 e. The highest BCUT2D eigenvalue weighted by Crippen LogP contribution is 2.42. The lowest BCUT2D eigenvalue weighted by atomic mass is 10.2. The summed E-state index contributed by atoms with van der Waals surface area (Å²) in [6, 6.07) is 22.6. The lowest BCUT2D eigenvalue weighted by Gasteiger charge is -2.39. The largest absolute Gasteiger partial charge is 0.180 e. The molecule has 0 aromatic heterocycles. The highest BCUT2D eigenvalue weighted by molar-refractivity contribution is 7.13. The Kier molecular flexibility index (Phi) is 4.65. The van der Waals surface area contributed by atoms with Gasteiger partial charge >= 0.3 is 0 Å². The van der Waals surface area contributed by atoms with Gasteiger partial charge in [0.15, 0.2) is 8.07 Å². The molecule has 4 rings (SSSR count). The molecule has 2 aromatic rings. The Morgan fingerprint density at radius 3 is 1.22 bits per heavy atom. The second-order valence-corrected chi connectivity index (χ2v) is 11.6. The van der Waals surface area contributed by atoms with Crippen molar-refractivity contribution in [1.29, 1.82) is 0 Å². The summed E-state index contributed by atoms with van der Waals surface area (Å²) in [5.41, 5.74) is 6.05. The number of allylic oxidation sites excluding steroid dienone is 8. The van der Waals surface area contributed by atoms with Gasteiger partial charge in [-0.15, -0.1) is 0 Å². The van der Waals surface area contributed by atoms with E-state index in [2.05, 4.69) is 101 Å². The molecule has 0 N–H and O–H groups in total. The van der Waals surface area contributed by atoms with Gasteiger partial charge in [-0.3, -0.25) is 0 Å². The Morgan fingerprint density at radius 1 is 0.556 bits per heavy atom. The van der Waals surface area contributed by atoms with Gasteiger partial charge in [-0.05, 0) is 61.3 Å². The fraction of sp³-hybridized carbons (Fsp3) is 0.231. The maximum Gasteiger partial charge on any atom is 0.180 e. The van der Waals surface area contributed by atoms with Crippen LogP contribution in [0.4, 0.5) is 0 Å². The van der Waals surface area contributed by atoms with E-state index in [-0.39, 0.29) is 0 Å². The Bertz CT molecular complexity index is 902. The molecule has 0 saturated carbocycles. The van der Waals surface area contributed by atoms with E-state index in [1.165, 1.54) is 21.5 Å². The van der Waals surface area contributed by atoms with Gasteiger partial charge in [-0.25, -0.2) is 0 Å². The maximum atomic E-state index is 2.43. The van der Waals surface area contributed by atoms with Crippen LogP contribution >= 0.6 is 0 Å². The van der Waals surface area contributed by atoms with Crippen molar-refractivity contribution in [2.75, 3.05) is 0 Å². The van der Waals surface area contributed by atoms with Crippen LogP contribution in [0.25, 0.3) is 0 Å².